The molecule has 3 amide bonds. The molecule has 7 nitrogen and oxygen atoms in total. The summed E-state index contributed by atoms with van der Waals surface area (Å²) in [5.74, 6) is -0.217. The fraction of sp³-hybridized carbons (Fsp3) is 0.318. The number of carbonyl (C=O) groups excluding carboxylic acids is 3. The molecule has 1 atom stereocenters. The molecule has 2 saturated heterocycles. The third kappa shape index (κ3) is 3.98. The number of ether oxygens (including phenoxy) is 1. The molecule has 4 rings (SSSR count). The maximum absolute atomic E-state index is 12.7. The second kappa shape index (κ2) is 8.36. The molecule has 0 aliphatic carbocycles. The topological polar surface area (TPSA) is 79.0 Å². The van der Waals surface area contributed by atoms with E-state index in [0.29, 0.717) is 28.6 Å². The molecular weight excluding hydrogens is 406 g/mol. The molecule has 0 spiro atoms. The summed E-state index contributed by atoms with van der Waals surface area (Å²) in [5, 5.41) is 3.36. The fourth-order valence-corrected chi connectivity index (χ4v) is 4.05. The van der Waals surface area contributed by atoms with Gasteiger partial charge in [-0.1, -0.05) is 11.6 Å². The Hall–Kier alpha value is -3.06. The Kier molecular flexibility index (Phi) is 5.63. The molecule has 2 fully saturated rings. The Morgan fingerprint density at radius 2 is 1.87 bits per heavy atom. The summed E-state index contributed by atoms with van der Waals surface area (Å²) < 4.78 is 5.33. The lowest BCUT2D eigenvalue weighted by Crippen LogP contribution is -2.28. The standard InChI is InChI=1S/C22H22ClN3O4/c1-30-19-9-4-15(23)12-18(19)26-13-14(11-21(26)28)22(29)24-16-5-7-17(8-6-16)25-10-2-3-20(25)27/h4-9,12,14H,2-3,10-11,13H2,1H3,(H,24,29)/t14-/m1/s1. The largest absolute Gasteiger partial charge is 0.495 e. The third-order valence-corrected chi connectivity index (χ3v) is 5.68. The van der Waals surface area contributed by atoms with Crippen LogP contribution in [-0.2, 0) is 14.4 Å². The molecule has 0 bridgehead atoms. The van der Waals surface area contributed by atoms with Crippen molar-refractivity contribution in [1.29, 1.82) is 0 Å². The van der Waals surface area contributed by atoms with Gasteiger partial charge >= 0.3 is 0 Å². The van der Waals surface area contributed by atoms with Gasteiger partial charge in [-0.3, -0.25) is 14.4 Å². The van der Waals surface area contributed by atoms with Gasteiger partial charge in [0.25, 0.3) is 0 Å². The van der Waals surface area contributed by atoms with Crippen LogP contribution in [0.2, 0.25) is 5.02 Å². The number of nitrogens with zero attached hydrogens (tertiary/aromatic N) is 2. The van der Waals surface area contributed by atoms with Crippen LogP contribution in [0.5, 0.6) is 5.75 Å². The predicted molar refractivity (Wildman–Crippen MR) is 115 cm³/mol. The van der Waals surface area contributed by atoms with Crippen molar-refractivity contribution in [2.45, 2.75) is 19.3 Å². The highest BCUT2D eigenvalue weighted by Gasteiger charge is 2.36. The first-order valence-electron chi connectivity index (χ1n) is 9.81. The Morgan fingerprint density at radius 1 is 1.10 bits per heavy atom. The second-order valence-corrected chi connectivity index (χ2v) is 7.84. The van der Waals surface area contributed by atoms with E-state index in [4.69, 9.17) is 16.3 Å². The van der Waals surface area contributed by atoms with Crippen LogP contribution >= 0.6 is 11.6 Å². The van der Waals surface area contributed by atoms with E-state index in [1.54, 1.807) is 35.2 Å². The van der Waals surface area contributed by atoms with Crippen molar-refractivity contribution < 1.29 is 19.1 Å². The van der Waals surface area contributed by atoms with Crippen LogP contribution in [0.25, 0.3) is 0 Å². The van der Waals surface area contributed by atoms with Crippen LogP contribution in [0.3, 0.4) is 0 Å². The van der Waals surface area contributed by atoms with Crippen LogP contribution in [0.4, 0.5) is 17.1 Å². The zero-order valence-corrected chi connectivity index (χ0v) is 17.3. The lowest BCUT2D eigenvalue weighted by molar-refractivity contribution is -0.122. The van der Waals surface area contributed by atoms with E-state index in [1.807, 2.05) is 12.1 Å². The summed E-state index contributed by atoms with van der Waals surface area (Å²) in [6.45, 7) is 0.971. The molecule has 2 aliphatic heterocycles. The molecule has 2 aliphatic rings. The molecule has 30 heavy (non-hydrogen) atoms. The van der Waals surface area contributed by atoms with Crippen LogP contribution in [-0.4, -0.2) is 37.9 Å². The van der Waals surface area contributed by atoms with Crippen LogP contribution in [0, 0.1) is 5.92 Å². The fourth-order valence-electron chi connectivity index (χ4n) is 3.88. The molecular formula is C22H22ClN3O4. The van der Waals surface area contributed by atoms with Gasteiger partial charge in [-0.15, -0.1) is 0 Å². The van der Waals surface area contributed by atoms with Gasteiger partial charge in [-0.05, 0) is 48.9 Å². The number of benzene rings is 2. The maximum Gasteiger partial charge on any atom is 0.229 e. The van der Waals surface area contributed by atoms with Gasteiger partial charge in [0.2, 0.25) is 17.7 Å². The average molecular weight is 428 g/mol. The monoisotopic (exact) mass is 427 g/mol. The molecule has 2 aromatic carbocycles. The molecule has 1 N–H and O–H groups in total. The number of carbonyl (C=O) groups is 3. The van der Waals surface area contributed by atoms with Crippen molar-refractivity contribution in [3.8, 4) is 5.75 Å². The lowest BCUT2D eigenvalue weighted by atomic mass is 10.1. The van der Waals surface area contributed by atoms with Crippen LogP contribution in [0.1, 0.15) is 19.3 Å². The Bertz CT molecular complexity index is 992. The number of amides is 3. The van der Waals surface area contributed by atoms with E-state index in [9.17, 15) is 14.4 Å². The van der Waals surface area contributed by atoms with Gasteiger partial charge < -0.3 is 19.9 Å². The van der Waals surface area contributed by atoms with E-state index < -0.39 is 5.92 Å². The Balaban J connectivity index is 1.43. The van der Waals surface area contributed by atoms with Crippen LogP contribution < -0.4 is 19.9 Å². The van der Waals surface area contributed by atoms with Crippen molar-refractivity contribution >= 4 is 46.4 Å². The minimum absolute atomic E-state index is 0.113. The number of nitrogens with one attached hydrogen (secondary N) is 1. The van der Waals surface area contributed by atoms with E-state index in [-0.39, 0.29) is 30.7 Å². The summed E-state index contributed by atoms with van der Waals surface area (Å²) in [4.78, 5) is 40.4. The van der Waals surface area contributed by atoms with E-state index in [1.165, 1.54) is 12.0 Å². The Labute approximate surface area is 179 Å². The smallest absolute Gasteiger partial charge is 0.229 e. The molecule has 8 heteroatoms. The van der Waals surface area contributed by atoms with Crippen molar-refractivity contribution in [3.63, 3.8) is 0 Å². The maximum atomic E-state index is 12.7. The average Bonchev–Trinajstić information content (AvgIpc) is 3.34. The first-order chi connectivity index (χ1) is 14.5. The molecule has 0 aromatic heterocycles. The minimum Gasteiger partial charge on any atom is -0.495 e. The molecule has 2 heterocycles. The number of rotatable bonds is 5. The predicted octanol–water partition coefficient (Wildman–Crippen LogP) is 3.47. The number of halogens is 1. The Morgan fingerprint density at radius 3 is 2.53 bits per heavy atom. The number of hydrogen-bond acceptors (Lipinski definition) is 4. The van der Waals surface area contributed by atoms with Crippen molar-refractivity contribution in [3.05, 3.63) is 47.5 Å². The van der Waals surface area contributed by atoms with Gasteiger partial charge in [0.05, 0.1) is 18.7 Å². The first kappa shape index (κ1) is 20.2. The van der Waals surface area contributed by atoms with Gasteiger partial charge in [-0.25, -0.2) is 0 Å². The van der Waals surface area contributed by atoms with E-state index >= 15 is 0 Å². The summed E-state index contributed by atoms with van der Waals surface area (Å²) in [5.41, 5.74) is 2.01. The molecule has 156 valence electrons. The highest BCUT2D eigenvalue weighted by Crippen LogP contribution is 2.35. The molecule has 0 radical (unpaired) electrons. The van der Waals surface area contributed by atoms with Crippen LogP contribution in [0.15, 0.2) is 42.5 Å². The quantitative estimate of drug-likeness (QED) is 0.792. The summed E-state index contributed by atoms with van der Waals surface area (Å²) in [6, 6.07) is 12.2. The first-order valence-corrected chi connectivity index (χ1v) is 10.2. The van der Waals surface area contributed by atoms with Gasteiger partial charge in [0, 0.05) is 42.3 Å². The molecule has 2 aromatic rings. The minimum atomic E-state index is -0.485. The lowest BCUT2D eigenvalue weighted by Gasteiger charge is -2.20. The van der Waals surface area contributed by atoms with Gasteiger partial charge in [0.15, 0.2) is 0 Å². The zero-order valence-electron chi connectivity index (χ0n) is 16.6. The summed E-state index contributed by atoms with van der Waals surface area (Å²) in [6.07, 6.45) is 1.55. The third-order valence-electron chi connectivity index (χ3n) is 5.45. The normalized spacial score (nSPS) is 18.8. The van der Waals surface area contributed by atoms with Gasteiger partial charge in [-0.2, -0.15) is 0 Å². The summed E-state index contributed by atoms with van der Waals surface area (Å²) in [7, 11) is 1.52. The SMILES string of the molecule is COc1ccc(Cl)cc1N1C[C@H](C(=O)Nc2ccc(N3CCCC3=O)cc2)CC1=O. The van der Waals surface area contributed by atoms with Gasteiger partial charge in [0.1, 0.15) is 5.75 Å². The zero-order chi connectivity index (χ0) is 21.3. The van der Waals surface area contributed by atoms with Crippen molar-refractivity contribution in [1.82, 2.24) is 0 Å². The number of anilines is 3. The molecule has 0 unspecified atom stereocenters. The second-order valence-electron chi connectivity index (χ2n) is 7.41. The number of methoxy groups -OCH3 is 1. The van der Waals surface area contributed by atoms with E-state index in [0.717, 1.165) is 18.7 Å². The van der Waals surface area contributed by atoms with E-state index in [2.05, 4.69) is 5.32 Å². The van der Waals surface area contributed by atoms with Crippen molar-refractivity contribution in [2.75, 3.05) is 35.3 Å². The highest BCUT2D eigenvalue weighted by atomic mass is 35.5. The summed E-state index contributed by atoms with van der Waals surface area (Å²) >= 11 is 6.08. The molecule has 0 saturated carbocycles. The van der Waals surface area contributed by atoms with Crippen molar-refractivity contribution in [2.24, 2.45) is 5.92 Å². The number of hydrogen-bond donors (Lipinski definition) is 1. The highest BCUT2D eigenvalue weighted by molar-refractivity contribution is 6.31.